The van der Waals surface area contributed by atoms with Crippen LogP contribution in [0.25, 0.3) is 10.9 Å². The van der Waals surface area contributed by atoms with E-state index in [1.165, 1.54) is 6.07 Å². The van der Waals surface area contributed by atoms with Crippen LogP contribution in [0.2, 0.25) is 0 Å². The Morgan fingerprint density at radius 2 is 2.00 bits per heavy atom. The first-order chi connectivity index (χ1) is 13.6. The molecule has 4 rings (SSSR count). The Balaban J connectivity index is 1.64. The third-order valence-corrected chi connectivity index (χ3v) is 4.95. The molecule has 0 radical (unpaired) electrons. The highest BCUT2D eigenvalue weighted by molar-refractivity contribution is 5.91. The number of piperazine rings is 1. The van der Waals surface area contributed by atoms with Crippen molar-refractivity contribution in [3.63, 3.8) is 0 Å². The van der Waals surface area contributed by atoms with Gasteiger partial charge in [-0.15, -0.1) is 10.2 Å². The van der Waals surface area contributed by atoms with Crippen LogP contribution in [0.3, 0.4) is 0 Å². The Kier molecular flexibility index (Phi) is 4.98. The van der Waals surface area contributed by atoms with Gasteiger partial charge in [0.1, 0.15) is 0 Å². The topological polar surface area (TPSA) is 109 Å². The third kappa shape index (κ3) is 3.70. The van der Waals surface area contributed by atoms with Crippen LogP contribution >= 0.6 is 0 Å². The lowest BCUT2D eigenvalue weighted by molar-refractivity contribution is -0.384. The molecular formula is C19H21N7O2. The van der Waals surface area contributed by atoms with Crippen molar-refractivity contribution in [2.45, 2.75) is 13.0 Å². The number of fused-ring (bicyclic) bond motifs is 1. The number of non-ortho nitro benzene ring substituents is 1. The average Bonchev–Trinajstić information content (AvgIpc) is 2.74. The molecule has 2 heterocycles. The van der Waals surface area contributed by atoms with Crippen LogP contribution in [0, 0.1) is 10.1 Å². The van der Waals surface area contributed by atoms with E-state index in [9.17, 15) is 10.1 Å². The van der Waals surface area contributed by atoms with Crippen molar-refractivity contribution in [3.8, 4) is 0 Å². The maximum atomic E-state index is 11.0. The van der Waals surface area contributed by atoms with Crippen molar-refractivity contribution in [1.82, 2.24) is 20.7 Å². The van der Waals surface area contributed by atoms with Crippen LogP contribution in [0.1, 0.15) is 18.5 Å². The fraction of sp³-hybridized carbons (Fsp3) is 0.316. The fourth-order valence-electron chi connectivity index (χ4n) is 3.39. The van der Waals surface area contributed by atoms with Gasteiger partial charge in [-0.3, -0.25) is 10.1 Å². The number of hydrogen-bond donors (Lipinski definition) is 2. The highest BCUT2D eigenvalue weighted by Gasteiger charge is 2.16. The molecule has 1 saturated heterocycles. The van der Waals surface area contributed by atoms with Crippen LogP contribution in [-0.4, -0.2) is 46.5 Å². The van der Waals surface area contributed by atoms with Crippen molar-refractivity contribution in [3.05, 3.63) is 58.1 Å². The van der Waals surface area contributed by atoms with Gasteiger partial charge in [-0.2, -0.15) is 0 Å². The van der Waals surface area contributed by atoms with E-state index < -0.39 is 4.92 Å². The second-order valence-electron chi connectivity index (χ2n) is 6.79. The van der Waals surface area contributed by atoms with Crippen molar-refractivity contribution in [2.75, 3.05) is 36.4 Å². The Labute approximate surface area is 161 Å². The average molecular weight is 379 g/mol. The minimum atomic E-state index is -0.391. The quantitative estimate of drug-likeness (QED) is 0.514. The molecular weight excluding hydrogens is 358 g/mol. The van der Waals surface area contributed by atoms with Crippen molar-refractivity contribution in [1.29, 1.82) is 0 Å². The molecule has 1 aliphatic heterocycles. The summed E-state index contributed by atoms with van der Waals surface area (Å²) >= 11 is 0. The van der Waals surface area contributed by atoms with Gasteiger partial charge in [0, 0.05) is 49.4 Å². The van der Waals surface area contributed by atoms with Crippen LogP contribution in [-0.2, 0) is 0 Å². The van der Waals surface area contributed by atoms with Gasteiger partial charge >= 0.3 is 0 Å². The molecule has 0 amide bonds. The number of hydrogen-bond acceptors (Lipinski definition) is 8. The van der Waals surface area contributed by atoms with E-state index in [2.05, 4.69) is 43.1 Å². The van der Waals surface area contributed by atoms with E-state index in [1.807, 2.05) is 19.1 Å². The molecule has 1 unspecified atom stereocenters. The first kappa shape index (κ1) is 18.1. The highest BCUT2D eigenvalue weighted by Crippen LogP contribution is 2.28. The maximum absolute atomic E-state index is 11.0. The smallest absolute Gasteiger partial charge is 0.269 e. The molecule has 0 aliphatic carbocycles. The predicted octanol–water partition coefficient (Wildman–Crippen LogP) is 2.52. The molecule has 144 valence electrons. The molecule has 0 saturated carbocycles. The van der Waals surface area contributed by atoms with Gasteiger partial charge in [0.15, 0.2) is 5.82 Å². The summed E-state index contributed by atoms with van der Waals surface area (Å²) in [7, 11) is 0. The van der Waals surface area contributed by atoms with E-state index in [0.717, 1.165) is 48.3 Å². The summed E-state index contributed by atoms with van der Waals surface area (Å²) < 4.78 is 0. The first-order valence-electron chi connectivity index (χ1n) is 9.21. The van der Waals surface area contributed by atoms with Gasteiger partial charge in [0.2, 0.25) is 0 Å². The second kappa shape index (κ2) is 7.73. The summed E-state index contributed by atoms with van der Waals surface area (Å²) in [6, 6.07) is 12.5. The zero-order chi connectivity index (χ0) is 19.5. The number of nitrogens with one attached hydrogen (secondary N) is 2. The summed E-state index contributed by atoms with van der Waals surface area (Å²) in [6.45, 7) is 5.75. The van der Waals surface area contributed by atoms with Gasteiger partial charge in [-0.05, 0) is 35.9 Å². The monoisotopic (exact) mass is 379 g/mol. The number of benzene rings is 2. The minimum Gasteiger partial charge on any atom is -0.369 e. The number of nitrogens with zero attached hydrogens (tertiary/aromatic N) is 5. The standard InChI is InChI=1S/C19H21N7O2/c1-13(14-3-2-4-16(11-14)26(27)28)21-19-17-12-15(25-9-7-20-8-10-25)5-6-18(17)22-24-23-19/h2-6,11-13,20H,7-10H2,1H3,(H,21,22,23). The van der Waals surface area contributed by atoms with Gasteiger partial charge in [0.25, 0.3) is 5.69 Å². The molecule has 1 aliphatic rings. The Hall–Kier alpha value is -3.33. The van der Waals surface area contributed by atoms with Crippen molar-refractivity contribution >= 4 is 28.1 Å². The molecule has 3 aromatic rings. The molecule has 28 heavy (non-hydrogen) atoms. The number of nitro benzene ring substituents is 1. The van der Waals surface area contributed by atoms with E-state index >= 15 is 0 Å². The maximum Gasteiger partial charge on any atom is 0.269 e. The summed E-state index contributed by atoms with van der Waals surface area (Å²) in [5, 5.41) is 30.8. The molecule has 1 aromatic heterocycles. The number of anilines is 2. The molecule has 1 atom stereocenters. The van der Waals surface area contributed by atoms with Gasteiger partial charge in [-0.1, -0.05) is 12.1 Å². The summed E-state index contributed by atoms with van der Waals surface area (Å²) in [4.78, 5) is 13.0. The van der Waals surface area contributed by atoms with Gasteiger partial charge in [0.05, 0.1) is 16.5 Å². The Morgan fingerprint density at radius 3 is 2.79 bits per heavy atom. The normalized spacial score (nSPS) is 15.4. The lowest BCUT2D eigenvalue weighted by Crippen LogP contribution is -2.43. The zero-order valence-corrected chi connectivity index (χ0v) is 15.5. The predicted molar refractivity (Wildman–Crippen MR) is 108 cm³/mol. The Morgan fingerprint density at radius 1 is 1.18 bits per heavy atom. The lowest BCUT2D eigenvalue weighted by atomic mass is 10.1. The van der Waals surface area contributed by atoms with Gasteiger partial charge < -0.3 is 15.5 Å². The van der Waals surface area contributed by atoms with Crippen LogP contribution in [0.5, 0.6) is 0 Å². The molecule has 0 bridgehead atoms. The molecule has 9 nitrogen and oxygen atoms in total. The van der Waals surface area contributed by atoms with Crippen molar-refractivity contribution in [2.24, 2.45) is 0 Å². The fourth-order valence-corrected chi connectivity index (χ4v) is 3.39. The van der Waals surface area contributed by atoms with E-state index in [4.69, 9.17) is 0 Å². The third-order valence-electron chi connectivity index (χ3n) is 4.95. The number of aromatic nitrogens is 3. The number of nitro groups is 1. The minimum absolute atomic E-state index is 0.0674. The molecule has 2 N–H and O–H groups in total. The SMILES string of the molecule is CC(Nc1nnnc2ccc(N3CCNCC3)cc12)c1cccc([N+](=O)[O-])c1. The second-order valence-corrected chi connectivity index (χ2v) is 6.79. The van der Waals surface area contributed by atoms with E-state index in [-0.39, 0.29) is 11.7 Å². The Bertz CT molecular complexity index is 1000. The van der Waals surface area contributed by atoms with Crippen LogP contribution < -0.4 is 15.5 Å². The zero-order valence-electron chi connectivity index (χ0n) is 15.5. The lowest BCUT2D eigenvalue weighted by Gasteiger charge is -2.29. The van der Waals surface area contributed by atoms with E-state index in [1.54, 1.807) is 12.1 Å². The molecule has 0 spiro atoms. The van der Waals surface area contributed by atoms with E-state index in [0.29, 0.717) is 5.82 Å². The summed E-state index contributed by atoms with van der Waals surface area (Å²) in [5.74, 6) is 0.612. The number of rotatable bonds is 5. The largest absolute Gasteiger partial charge is 0.369 e. The van der Waals surface area contributed by atoms with Gasteiger partial charge in [-0.25, -0.2) is 0 Å². The summed E-state index contributed by atoms with van der Waals surface area (Å²) in [5.41, 5.74) is 2.74. The van der Waals surface area contributed by atoms with Crippen LogP contribution in [0.4, 0.5) is 17.2 Å². The molecule has 2 aromatic carbocycles. The molecule has 9 heteroatoms. The molecule has 1 fully saturated rings. The highest BCUT2D eigenvalue weighted by atomic mass is 16.6. The summed E-state index contributed by atoms with van der Waals surface area (Å²) in [6.07, 6.45) is 0. The van der Waals surface area contributed by atoms with Crippen LogP contribution in [0.15, 0.2) is 42.5 Å². The first-order valence-corrected chi connectivity index (χ1v) is 9.21. The van der Waals surface area contributed by atoms with Crippen molar-refractivity contribution < 1.29 is 4.92 Å².